The highest BCUT2D eigenvalue weighted by Crippen LogP contribution is 2.52. The number of hydrogen-bond acceptors (Lipinski definition) is 6. The van der Waals surface area contributed by atoms with Gasteiger partial charge in [-0.15, -0.1) is 0 Å². The van der Waals surface area contributed by atoms with E-state index in [1.54, 1.807) is 24.5 Å². The van der Waals surface area contributed by atoms with Crippen LogP contribution in [-0.2, 0) is 16.5 Å². The molecular formula is C20H13F3N4O2. The van der Waals surface area contributed by atoms with Crippen LogP contribution in [0.25, 0.3) is 11.1 Å². The first kappa shape index (κ1) is 17.5. The number of ether oxygens (including phenoxy) is 2. The molecule has 2 N–H and O–H groups in total. The zero-order chi connectivity index (χ0) is 20.2. The van der Waals surface area contributed by atoms with Crippen molar-refractivity contribution < 1.29 is 22.6 Å². The van der Waals surface area contributed by atoms with Crippen molar-refractivity contribution in [2.24, 2.45) is 10.7 Å². The normalized spacial score (nSPS) is 19.8. The molecule has 0 saturated carbocycles. The van der Waals surface area contributed by atoms with E-state index >= 15 is 0 Å². The molecule has 2 aliphatic heterocycles. The highest BCUT2D eigenvalue weighted by molar-refractivity contribution is 5.77. The Hall–Kier alpha value is -3.62. The molecule has 9 heteroatoms. The summed E-state index contributed by atoms with van der Waals surface area (Å²) in [5.41, 5.74) is 6.07. The molecule has 0 aliphatic carbocycles. The van der Waals surface area contributed by atoms with Crippen molar-refractivity contribution in [3.63, 3.8) is 0 Å². The van der Waals surface area contributed by atoms with Crippen molar-refractivity contribution in [1.82, 2.24) is 9.97 Å². The first-order valence-corrected chi connectivity index (χ1v) is 8.64. The average Bonchev–Trinajstić information content (AvgIpc) is 3.10. The molecule has 0 amide bonds. The zero-order valence-electron chi connectivity index (χ0n) is 14.8. The smallest absolute Gasteiger partial charge is 0.416 e. The molecule has 6 nitrogen and oxygen atoms in total. The summed E-state index contributed by atoms with van der Waals surface area (Å²) in [6.45, 7) is -0.0295. The second kappa shape index (κ2) is 5.94. The largest absolute Gasteiger partial charge is 0.462 e. The number of nitrogens with zero attached hydrogens (tertiary/aromatic N) is 3. The van der Waals surface area contributed by atoms with E-state index in [4.69, 9.17) is 15.2 Å². The monoisotopic (exact) mass is 398 g/mol. The maximum atomic E-state index is 13.3. The van der Waals surface area contributed by atoms with Gasteiger partial charge < -0.3 is 15.2 Å². The number of fused-ring (bicyclic) bond motifs is 4. The van der Waals surface area contributed by atoms with Gasteiger partial charge in [-0.25, -0.2) is 15.0 Å². The molecule has 0 fully saturated rings. The Bertz CT molecular complexity index is 1150. The van der Waals surface area contributed by atoms with Crippen molar-refractivity contribution in [3.8, 4) is 22.6 Å². The van der Waals surface area contributed by atoms with Crippen molar-refractivity contribution in [3.05, 3.63) is 71.8 Å². The van der Waals surface area contributed by atoms with Crippen LogP contribution in [0, 0.1) is 0 Å². The number of benzene rings is 2. The van der Waals surface area contributed by atoms with Gasteiger partial charge in [-0.2, -0.15) is 13.2 Å². The minimum atomic E-state index is -4.51. The van der Waals surface area contributed by atoms with E-state index in [2.05, 4.69) is 15.0 Å². The minimum Gasteiger partial charge on any atom is -0.462 e. The standard InChI is InChI=1S/C20H13F3N4O2/c21-20(22,23)13-2-4-17-15(6-13)19(9-28-18(24)27-19)14-5-11(1-3-16(14)29-17)12-7-25-10-26-8-12/h1-8,10H,9H2,(H2,24,27)/t19-/m0/s1. The lowest BCUT2D eigenvalue weighted by atomic mass is 9.80. The molecular weight excluding hydrogens is 385 g/mol. The third-order valence-corrected chi connectivity index (χ3v) is 5.02. The van der Waals surface area contributed by atoms with Gasteiger partial charge in [0.25, 0.3) is 6.02 Å². The number of rotatable bonds is 1. The molecule has 0 radical (unpaired) electrons. The lowest BCUT2D eigenvalue weighted by molar-refractivity contribution is -0.137. The molecule has 3 heterocycles. The number of nitrogens with two attached hydrogens (primary N) is 1. The third-order valence-electron chi connectivity index (χ3n) is 5.02. The van der Waals surface area contributed by atoms with E-state index in [0.717, 1.165) is 23.3 Å². The Morgan fingerprint density at radius 1 is 0.931 bits per heavy atom. The van der Waals surface area contributed by atoms with E-state index in [9.17, 15) is 13.2 Å². The SMILES string of the molecule is NC1=N[C@@]2(CO1)c1cc(-c3cncnc3)ccc1Oc1ccc(C(F)(F)F)cc12. The van der Waals surface area contributed by atoms with E-state index in [1.807, 2.05) is 6.07 Å². The number of hydrogen-bond donors (Lipinski definition) is 1. The number of halogens is 3. The predicted molar refractivity (Wildman–Crippen MR) is 97.3 cm³/mol. The quantitative estimate of drug-likeness (QED) is 0.673. The molecule has 0 saturated heterocycles. The summed E-state index contributed by atoms with van der Waals surface area (Å²) in [4.78, 5) is 12.4. The van der Waals surface area contributed by atoms with Gasteiger partial charge in [-0.05, 0) is 35.9 Å². The van der Waals surface area contributed by atoms with Crippen molar-refractivity contribution >= 4 is 6.02 Å². The Balaban J connectivity index is 1.74. The molecule has 1 atom stereocenters. The Labute approximate surface area is 162 Å². The molecule has 2 aliphatic rings. The highest BCUT2D eigenvalue weighted by Gasteiger charge is 2.48. The second-order valence-electron chi connectivity index (χ2n) is 6.75. The molecule has 1 spiro atoms. The van der Waals surface area contributed by atoms with Crippen LogP contribution in [0.3, 0.4) is 0 Å². The summed E-state index contributed by atoms with van der Waals surface area (Å²) in [6, 6.07) is 8.59. The molecule has 5 rings (SSSR count). The summed E-state index contributed by atoms with van der Waals surface area (Å²) in [5, 5.41) is 0. The van der Waals surface area contributed by atoms with E-state index < -0.39 is 17.3 Å². The maximum Gasteiger partial charge on any atom is 0.416 e. The summed E-state index contributed by atoms with van der Waals surface area (Å²) >= 11 is 0. The number of aliphatic imine (C=N–C) groups is 1. The van der Waals surface area contributed by atoms with E-state index in [-0.39, 0.29) is 23.9 Å². The van der Waals surface area contributed by atoms with Crippen LogP contribution in [0.15, 0.2) is 60.1 Å². The first-order chi connectivity index (χ1) is 13.9. The number of aromatic nitrogens is 2. The van der Waals surface area contributed by atoms with Gasteiger partial charge in [0.15, 0.2) is 5.54 Å². The molecule has 2 aromatic carbocycles. The minimum absolute atomic E-state index is 0.0295. The zero-order valence-corrected chi connectivity index (χ0v) is 14.8. The van der Waals surface area contributed by atoms with Crippen LogP contribution in [0.5, 0.6) is 11.5 Å². The first-order valence-electron chi connectivity index (χ1n) is 8.64. The van der Waals surface area contributed by atoms with Gasteiger partial charge in [0.1, 0.15) is 24.4 Å². The van der Waals surface area contributed by atoms with E-state index in [1.165, 1.54) is 12.4 Å². The van der Waals surface area contributed by atoms with Crippen molar-refractivity contribution in [2.75, 3.05) is 6.61 Å². The van der Waals surface area contributed by atoms with Gasteiger partial charge in [-0.1, -0.05) is 6.07 Å². The topological polar surface area (TPSA) is 82.6 Å². The summed E-state index contributed by atoms with van der Waals surface area (Å²) in [5.74, 6) is 0.753. The molecule has 1 aromatic heterocycles. The van der Waals surface area contributed by atoms with Crippen LogP contribution in [0.1, 0.15) is 16.7 Å². The Kier molecular flexibility index (Phi) is 3.58. The van der Waals surface area contributed by atoms with Crippen molar-refractivity contribution in [2.45, 2.75) is 11.7 Å². The van der Waals surface area contributed by atoms with Gasteiger partial charge in [0.05, 0.1) is 5.56 Å². The van der Waals surface area contributed by atoms with Crippen molar-refractivity contribution in [1.29, 1.82) is 0 Å². The molecule has 0 unspecified atom stereocenters. The fraction of sp³-hybridized carbons (Fsp3) is 0.150. The lowest BCUT2D eigenvalue weighted by Gasteiger charge is -2.34. The summed E-state index contributed by atoms with van der Waals surface area (Å²) < 4.78 is 51.3. The second-order valence-corrected chi connectivity index (χ2v) is 6.75. The van der Waals surface area contributed by atoms with Crippen LogP contribution < -0.4 is 10.5 Å². The fourth-order valence-electron chi connectivity index (χ4n) is 3.66. The van der Waals surface area contributed by atoms with E-state index in [0.29, 0.717) is 11.3 Å². The maximum absolute atomic E-state index is 13.3. The Morgan fingerprint density at radius 2 is 1.62 bits per heavy atom. The third kappa shape index (κ3) is 2.69. The van der Waals surface area contributed by atoms with Crippen LogP contribution in [0.4, 0.5) is 13.2 Å². The highest BCUT2D eigenvalue weighted by atomic mass is 19.4. The molecule has 146 valence electrons. The number of alkyl halides is 3. The van der Waals surface area contributed by atoms with Gasteiger partial charge >= 0.3 is 6.18 Å². The van der Waals surface area contributed by atoms with Gasteiger partial charge in [-0.3, -0.25) is 0 Å². The van der Waals surface area contributed by atoms with Gasteiger partial charge in [0.2, 0.25) is 0 Å². The predicted octanol–water partition coefficient (Wildman–Crippen LogP) is 3.86. The average molecular weight is 398 g/mol. The molecule has 29 heavy (non-hydrogen) atoms. The number of amidine groups is 1. The van der Waals surface area contributed by atoms with Crippen LogP contribution in [-0.4, -0.2) is 22.6 Å². The van der Waals surface area contributed by atoms with Gasteiger partial charge in [0, 0.05) is 29.1 Å². The summed E-state index contributed by atoms with van der Waals surface area (Å²) in [6.07, 6.45) is 0.193. The summed E-state index contributed by atoms with van der Waals surface area (Å²) in [7, 11) is 0. The molecule has 3 aromatic rings. The van der Waals surface area contributed by atoms with Crippen LogP contribution >= 0.6 is 0 Å². The lowest BCUT2D eigenvalue weighted by Crippen LogP contribution is -2.31. The molecule has 0 bridgehead atoms. The Morgan fingerprint density at radius 3 is 2.28 bits per heavy atom. The fourth-order valence-corrected chi connectivity index (χ4v) is 3.66. The van der Waals surface area contributed by atoms with Crippen LogP contribution in [0.2, 0.25) is 0 Å².